The van der Waals surface area contributed by atoms with Gasteiger partial charge in [0.25, 0.3) is 5.91 Å². The summed E-state index contributed by atoms with van der Waals surface area (Å²) in [5, 5.41) is 10.9. The number of halogens is 2. The van der Waals surface area contributed by atoms with Gasteiger partial charge in [0.2, 0.25) is 5.89 Å². The molecule has 3 rings (SSSR count). The first-order valence-corrected chi connectivity index (χ1v) is 7.64. The zero-order valence-electron chi connectivity index (χ0n) is 12.2. The number of nitrogens with one attached hydrogen (secondary N) is 1. The van der Waals surface area contributed by atoms with Gasteiger partial charge in [-0.15, -0.1) is 5.10 Å². The van der Waals surface area contributed by atoms with Gasteiger partial charge < -0.3 is 9.15 Å². The zero-order valence-corrected chi connectivity index (χ0v) is 13.7. The van der Waals surface area contributed by atoms with Crippen LogP contribution in [0.25, 0.3) is 11.5 Å². The Bertz CT molecular complexity index is 853. The number of nitrogens with zero attached hydrogens (tertiary/aromatic N) is 2. The van der Waals surface area contributed by atoms with Crippen LogP contribution in [0.3, 0.4) is 0 Å². The van der Waals surface area contributed by atoms with E-state index in [2.05, 4.69) is 15.5 Å². The molecule has 6 nitrogen and oxygen atoms in total. The number of aromatic nitrogens is 2. The van der Waals surface area contributed by atoms with Gasteiger partial charge in [0, 0.05) is 16.7 Å². The molecule has 1 heterocycles. The second-order valence-electron chi connectivity index (χ2n) is 4.69. The Morgan fingerprint density at radius 3 is 2.71 bits per heavy atom. The summed E-state index contributed by atoms with van der Waals surface area (Å²) in [5.74, 6) is 0.161. The lowest BCUT2D eigenvalue weighted by atomic mass is 10.2. The number of rotatable bonds is 5. The maximum atomic E-state index is 11.9. The van der Waals surface area contributed by atoms with Gasteiger partial charge in [-0.3, -0.25) is 10.1 Å². The largest absolute Gasteiger partial charge is 0.482 e. The van der Waals surface area contributed by atoms with E-state index < -0.39 is 5.91 Å². The molecule has 0 radical (unpaired) electrons. The standard InChI is InChI=1S/C16H11Cl2N3O3/c17-11-6-7-12(18)13(8-11)23-9-14(22)19-16-21-20-15(24-16)10-4-2-1-3-5-10/h1-8H,9H2,(H,19,21,22). The summed E-state index contributed by atoms with van der Waals surface area (Å²) in [7, 11) is 0. The van der Waals surface area contributed by atoms with E-state index in [9.17, 15) is 4.79 Å². The molecular formula is C16H11Cl2N3O3. The third-order valence-electron chi connectivity index (χ3n) is 2.94. The first kappa shape index (κ1) is 16.3. The molecule has 1 N–H and O–H groups in total. The number of carbonyl (C=O) groups is 1. The van der Waals surface area contributed by atoms with E-state index in [1.165, 1.54) is 6.07 Å². The zero-order chi connectivity index (χ0) is 16.9. The maximum absolute atomic E-state index is 11.9. The molecule has 0 aliphatic carbocycles. The van der Waals surface area contributed by atoms with E-state index in [1.54, 1.807) is 12.1 Å². The summed E-state index contributed by atoms with van der Waals surface area (Å²) in [6.07, 6.45) is 0. The SMILES string of the molecule is O=C(COc1cc(Cl)ccc1Cl)Nc1nnc(-c2ccccc2)o1. The first-order valence-electron chi connectivity index (χ1n) is 6.88. The van der Waals surface area contributed by atoms with Crippen molar-refractivity contribution in [2.75, 3.05) is 11.9 Å². The summed E-state index contributed by atoms with van der Waals surface area (Å²) in [5.41, 5.74) is 0.757. The van der Waals surface area contributed by atoms with Crippen LogP contribution in [0.5, 0.6) is 5.75 Å². The van der Waals surface area contributed by atoms with Crippen LogP contribution < -0.4 is 10.1 Å². The van der Waals surface area contributed by atoms with Crippen molar-refractivity contribution >= 4 is 35.1 Å². The van der Waals surface area contributed by atoms with Crippen molar-refractivity contribution in [2.45, 2.75) is 0 Å². The van der Waals surface area contributed by atoms with E-state index in [0.29, 0.717) is 21.7 Å². The van der Waals surface area contributed by atoms with Crippen LogP contribution in [0.2, 0.25) is 10.0 Å². The molecule has 0 spiro atoms. The highest BCUT2D eigenvalue weighted by Gasteiger charge is 2.12. The Labute approximate surface area is 147 Å². The van der Waals surface area contributed by atoms with Crippen molar-refractivity contribution in [3.8, 4) is 17.2 Å². The molecule has 0 saturated carbocycles. The highest BCUT2D eigenvalue weighted by Crippen LogP contribution is 2.27. The van der Waals surface area contributed by atoms with E-state index in [-0.39, 0.29) is 12.6 Å². The molecule has 0 bridgehead atoms. The minimum absolute atomic E-state index is 0.0142. The summed E-state index contributed by atoms with van der Waals surface area (Å²) in [6, 6.07) is 13.9. The van der Waals surface area contributed by atoms with Crippen molar-refractivity contribution in [1.29, 1.82) is 0 Å². The van der Waals surface area contributed by atoms with E-state index in [0.717, 1.165) is 5.56 Å². The topological polar surface area (TPSA) is 77.2 Å². The molecule has 0 saturated heterocycles. The third kappa shape index (κ3) is 4.04. The molecule has 1 aromatic heterocycles. The van der Waals surface area contributed by atoms with Gasteiger partial charge in [-0.1, -0.05) is 46.5 Å². The van der Waals surface area contributed by atoms with Gasteiger partial charge in [-0.25, -0.2) is 0 Å². The molecule has 0 fully saturated rings. The Morgan fingerprint density at radius 2 is 1.92 bits per heavy atom. The summed E-state index contributed by atoms with van der Waals surface area (Å²) in [4.78, 5) is 11.9. The van der Waals surface area contributed by atoms with Gasteiger partial charge in [0.1, 0.15) is 5.75 Å². The molecule has 0 aliphatic rings. The van der Waals surface area contributed by atoms with Crippen molar-refractivity contribution in [1.82, 2.24) is 10.2 Å². The van der Waals surface area contributed by atoms with Gasteiger partial charge in [0.15, 0.2) is 6.61 Å². The van der Waals surface area contributed by atoms with E-state index in [1.807, 2.05) is 30.3 Å². The summed E-state index contributed by atoms with van der Waals surface area (Å²) >= 11 is 11.8. The lowest BCUT2D eigenvalue weighted by Crippen LogP contribution is -2.20. The predicted octanol–water partition coefficient (Wildman–Crippen LogP) is 4.06. The second-order valence-corrected chi connectivity index (χ2v) is 5.53. The van der Waals surface area contributed by atoms with E-state index in [4.69, 9.17) is 32.4 Å². The Kier molecular flexibility index (Phi) is 4.98. The van der Waals surface area contributed by atoms with Crippen molar-refractivity contribution < 1.29 is 13.9 Å². The molecule has 0 aliphatic heterocycles. The number of benzene rings is 2. The molecule has 24 heavy (non-hydrogen) atoms. The molecule has 2 aromatic carbocycles. The summed E-state index contributed by atoms with van der Waals surface area (Å²) < 4.78 is 10.7. The number of hydrogen-bond donors (Lipinski definition) is 1. The highest BCUT2D eigenvalue weighted by molar-refractivity contribution is 6.34. The van der Waals surface area contributed by atoms with Crippen molar-refractivity contribution in [2.24, 2.45) is 0 Å². The number of carbonyl (C=O) groups excluding carboxylic acids is 1. The van der Waals surface area contributed by atoms with E-state index >= 15 is 0 Å². The molecule has 1 amide bonds. The van der Waals surface area contributed by atoms with Crippen LogP contribution >= 0.6 is 23.2 Å². The number of amides is 1. The van der Waals surface area contributed by atoms with Crippen LogP contribution in [0.1, 0.15) is 0 Å². The first-order chi connectivity index (χ1) is 11.6. The number of anilines is 1. The number of ether oxygens (including phenoxy) is 1. The fraction of sp³-hybridized carbons (Fsp3) is 0.0625. The lowest BCUT2D eigenvalue weighted by Gasteiger charge is -2.07. The molecular weight excluding hydrogens is 353 g/mol. The predicted molar refractivity (Wildman–Crippen MR) is 90.3 cm³/mol. The molecule has 0 unspecified atom stereocenters. The minimum atomic E-state index is -0.464. The van der Waals surface area contributed by atoms with Crippen LogP contribution in [0.15, 0.2) is 52.9 Å². The van der Waals surface area contributed by atoms with Crippen LogP contribution in [0.4, 0.5) is 6.01 Å². The summed E-state index contributed by atoms with van der Waals surface area (Å²) in [6.45, 7) is -0.275. The smallest absolute Gasteiger partial charge is 0.322 e. The Balaban J connectivity index is 1.59. The average Bonchev–Trinajstić information content (AvgIpc) is 3.05. The molecule has 0 atom stereocenters. The average molecular weight is 364 g/mol. The lowest BCUT2D eigenvalue weighted by molar-refractivity contribution is -0.118. The van der Waals surface area contributed by atoms with Crippen LogP contribution in [-0.2, 0) is 4.79 Å². The fourth-order valence-electron chi connectivity index (χ4n) is 1.86. The molecule has 3 aromatic rings. The van der Waals surface area contributed by atoms with Crippen LogP contribution in [-0.4, -0.2) is 22.7 Å². The van der Waals surface area contributed by atoms with Crippen LogP contribution in [0, 0.1) is 0 Å². The molecule has 122 valence electrons. The van der Waals surface area contributed by atoms with Gasteiger partial charge in [-0.05, 0) is 24.3 Å². The monoisotopic (exact) mass is 363 g/mol. The number of hydrogen-bond acceptors (Lipinski definition) is 5. The maximum Gasteiger partial charge on any atom is 0.322 e. The van der Waals surface area contributed by atoms with Gasteiger partial charge in [0.05, 0.1) is 5.02 Å². The van der Waals surface area contributed by atoms with Gasteiger partial charge in [-0.2, -0.15) is 0 Å². The highest BCUT2D eigenvalue weighted by atomic mass is 35.5. The fourth-order valence-corrected chi connectivity index (χ4v) is 2.19. The normalized spacial score (nSPS) is 10.4. The Hall–Kier alpha value is -2.57. The minimum Gasteiger partial charge on any atom is -0.482 e. The van der Waals surface area contributed by atoms with Crippen molar-refractivity contribution in [3.63, 3.8) is 0 Å². The second kappa shape index (κ2) is 7.33. The van der Waals surface area contributed by atoms with Gasteiger partial charge >= 0.3 is 6.01 Å². The molecule has 8 heteroatoms. The quantitative estimate of drug-likeness (QED) is 0.739. The Morgan fingerprint density at radius 1 is 1.12 bits per heavy atom. The van der Waals surface area contributed by atoms with Crippen molar-refractivity contribution in [3.05, 3.63) is 58.6 Å². The third-order valence-corrected chi connectivity index (χ3v) is 3.49.